The van der Waals surface area contributed by atoms with Crippen LogP contribution >= 0.6 is 11.6 Å². The molecule has 0 aliphatic carbocycles. The zero-order valence-corrected chi connectivity index (χ0v) is 11.4. The number of nitrogen functional groups attached to an aromatic ring is 1. The van der Waals surface area contributed by atoms with E-state index in [9.17, 15) is 0 Å². The molecule has 0 radical (unpaired) electrons. The molecule has 1 aliphatic rings. The number of hydrogen-bond acceptors (Lipinski definition) is 4. The van der Waals surface area contributed by atoms with E-state index < -0.39 is 0 Å². The number of hydrogen-bond donors (Lipinski definition) is 2. The van der Waals surface area contributed by atoms with Gasteiger partial charge in [-0.2, -0.15) is 0 Å². The summed E-state index contributed by atoms with van der Waals surface area (Å²) in [6, 6.07) is 1.97. The molecule has 0 saturated carbocycles. The molecule has 100 valence electrons. The first kappa shape index (κ1) is 13.6. The van der Waals surface area contributed by atoms with Crippen LogP contribution in [0, 0.1) is 0 Å². The predicted molar refractivity (Wildman–Crippen MR) is 73.7 cm³/mol. The second kappa shape index (κ2) is 6.36. The van der Waals surface area contributed by atoms with Crippen LogP contribution in [0.4, 0.5) is 5.82 Å². The molecule has 0 amide bonds. The number of nitrogens with two attached hydrogens (primary N) is 1. The van der Waals surface area contributed by atoms with E-state index in [0.717, 1.165) is 38.0 Å². The summed E-state index contributed by atoms with van der Waals surface area (Å²) in [6.45, 7) is 3.89. The first-order valence-electron chi connectivity index (χ1n) is 6.48. The van der Waals surface area contributed by atoms with Gasteiger partial charge in [-0.15, -0.1) is 0 Å². The molecule has 1 fully saturated rings. The van der Waals surface area contributed by atoms with Crippen LogP contribution < -0.4 is 11.1 Å². The number of nitrogens with one attached hydrogen (secondary N) is 1. The number of pyridine rings is 1. The van der Waals surface area contributed by atoms with E-state index in [0.29, 0.717) is 10.8 Å². The van der Waals surface area contributed by atoms with Crippen LogP contribution in [0.5, 0.6) is 0 Å². The van der Waals surface area contributed by atoms with E-state index in [2.05, 4.69) is 17.2 Å². The van der Waals surface area contributed by atoms with Crippen molar-refractivity contribution in [1.29, 1.82) is 0 Å². The first-order valence-corrected chi connectivity index (χ1v) is 6.86. The Morgan fingerprint density at radius 2 is 2.50 bits per heavy atom. The third-order valence-electron chi connectivity index (χ3n) is 3.20. The Hall–Kier alpha value is -0.840. The van der Waals surface area contributed by atoms with Crippen LogP contribution in [0.3, 0.4) is 0 Å². The quantitative estimate of drug-likeness (QED) is 0.862. The average molecular weight is 270 g/mol. The highest BCUT2D eigenvalue weighted by Crippen LogP contribution is 2.30. The van der Waals surface area contributed by atoms with Crippen molar-refractivity contribution in [3.8, 4) is 0 Å². The predicted octanol–water partition coefficient (Wildman–Crippen LogP) is 2.54. The van der Waals surface area contributed by atoms with Crippen LogP contribution in [-0.4, -0.2) is 24.2 Å². The van der Waals surface area contributed by atoms with Gasteiger partial charge in [-0.25, -0.2) is 4.98 Å². The van der Waals surface area contributed by atoms with Gasteiger partial charge in [0.15, 0.2) is 0 Å². The molecular weight excluding hydrogens is 250 g/mol. The Morgan fingerprint density at radius 3 is 3.17 bits per heavy atom. The molecule has 1 aromatic rings. The smallest absolute Gasteiger partial charge is 0.128 e. The molecule has 2 heterocycles. The van der Waals surface area contributed by atoms with Gasteiger partial charge in [-0.1, -0.05) is 18.5 Å². The van der Waals surface area contributed by atoms with Crippen LogP contribution in [0.2, 0.25) is 5.02 Å². The van der Waals surface area contributed by atoms with Gasteiger partial charge in [0, 0.05) is 18.4 Å². The van der Waals surface area contributed by atoms with Gasteiger partial charge in [-0.05, 0) is 31.9 Å². The van der Waals surface area contributed by atoms with Crippen LogP contribution in [0.15, 0.2) is 12.3 Å². The minimum absolute atomic E-state index is 0.0821. The lowest BCUT2D eigenvalue weighted by Gasteiger charge is -2.25. The molecule has 2 atom stereocenters. The summed E-state index contributed by atoms with van der Waals surface area (Å²) in [5.41, 5.74) is 6.91. The summed E-state index contributed by atoms with van der Waals surface area (Å²) in [5.74, 6) is 0.531. The largest absolute Gasteiger partial charge is 0.383 e. The zero-order valence-electron chi connectivity index (χ0n) is 10.7. The third-order valence-corrected chi connectivity index (χ3v) is 3.41. The highest BCUT2D eigenvalue weighted by atomic mass is 35.5. The van der Waals surface area contributed by atoms with Gasteiger partial charge >= 0.3 is 0 Å². The van der Waals surface area contributed by atoms with E-state index in [1.54, 1.807) is 6.20 Å². The maximum absolute atomic E-state index is 6.01. The maximum Gasteiger partial charge on any atom is 0.128 e. The van der Waals surface area contributed by atoms with Crippen LogP contribution in [-0.2, 0) is 4.74 Å². The number of rotatable bonds is 5. The summed E-state index contributed by atoms with van der Waals surface area (Å²) >= 11 is 6.01. The second-order valence-electron chi connectivity index (χ2n) is 4.61. The van der Waals surface area contributed by atoms with Crippen molar-refractivity contribution in [3.05, 3.63) is 22.8 Å². The van der Waals surface area contributed by atoms with Crippen molar-refractivity contribution in [2.45, 2.75) is 38.3 Å². The molecule has 1 aliphatic heterocycles. The normalized spacial score (nSPS) is 21.1. The van der Waals surface area contributed by atoms with E-state index in [1.165, 1.54) is 0 Å². The van der Waals surface area contributed by atoms with Crippen molar-refractivity contribution in [1.82, 2.24) is 10.3 Å². The molecule has 1 saturated heterocycles. The third kappa shape index (κ3) is 3.13. The Kier molecular flexibility index (Phi) is 4.80. The van der Waals surface area contributed by atoms with Gasteiger partial charge in [-0.3, -0.25) is 0 Å². The summed E-state index contributed by atoms with van der Waals surface area (Å²) in [7, 11) is 0. The molecule has 0 aromatic carbocycles. The van der Waals surface area contributed by atoms with Crippen LogP contribution in [0.1, 0.15) is 37.8 Å². The lowest BCUT2D eigenvalue weighted by molar-refractivity contribution is 0.0784. The standard InChI is InChI=1S/C13H20ClN3O/c1-2-5-16-12(11-4-3-6-18-11)10-7-9(14)8-17-13(10)15/h7-8,11-12,16H,2-6H2,1H3,(H2,15,17). The van der Waals surface area contributed by atoms with Crippen molar-refractivity contribution >= 4 is 17.4 Å². The molecule has 0 spiro atoms. The van der Waals surface area contributed by atoms with E-state index >= 15 is 0 Å². The fourth-order valence-electron chi connectivity index (χ4n) is 2.32. The Balaban J connectivity index is 2.23. The molecule has 2 unspecified atom stereocenters. The number of nitrogens with zero attached hydrogens (tertiary/aromatic N) is 1. The molecule has 18 heavy (non-hydrogen) atoms. The van der Waals surface area contributed by atoms with Gasteiger partial charge in [0.1, 0.15) is 5.82 Å². The van der Waals surface area contributed by atoms with Crippen molar-refractivity contribution in [2.24, 2.45) is 0 Å². The highest BCUT2D eigenvalue weighted by Gasteiger charge is 2.28. The van der Waals surface area contributed by atoms with Gasteiger partial charge < -0.3 is 15.8 Å². The van der Waals surface area contributed by atoms with Gasteiger partial charge in [0.2, 0.25) is 0 Å². The number of aromatic nitrogens is 1. The molecule has 4 nitrogen and oxygen atoms in total. The number of ether oxygens (including phenoxy) is 1. The lowest BCUT2D eigenvalue weighted by Crippen LogP contribution is -2.33. The highest BCUT2D eigenvalue weighted by molar-refractivity contribution is 6.30. The second-order valence-corrected chi connectivity index (χ2v) is 5.05. The van der Waals surface area contributed by atoms with Crippen molar-refractivity contribution in [3.63, 3.8) is 0 Å². The summed E-state index contributed by atoms with van der Waals surface area (Å²) < 4.78 is 5.77. The molecule has 3 N–H and O–H groups in total. The topological polar surface area (TPSA) is 60.2 Å². The molecule has 5 heteroatoms. The van der Waals surface area contributed by atoms with E-state index in [1.807, 2.05) is 6.07 Å². The Labute approximate surface area is 113 Å². The zero-order chi connectivity index (χ0) is 13.0. The average Bonchev–Trinajstić information content (AvgIpc) is 2.88. The van der Waals surface area contributed by atoms with Crippen molar-refractivity contribution < 1.29 is 4.74 Å². The van der Waals surface area contributed by atoms with Gasteiger partial charge in [0.25, 0.3) is 0 Å². The Bertz CT molecular complexity index is 394. The molecular formula is C13H20ClN3O. The van der Waals surface area contributed by atoms with E-state index in [4.69, 9.17) is 22.1 Å². The lowest BCUT2D eigenvalue weighted by atomic mass is 9.99. The minimum atomic E-state index is 0.0821. The summed E-state index contributed by atoms with van der Waals surface area (Å²) in [6.07, 6.45) is 4.96. The Morgan fingerprint density at radius 1 is 1.67 bits per heavy atom. The van der Waals surface area contributed by atoms with Gasteiger partial charge in [0.05, 0.1) is 17.2 Å². The first-order chi connectivity index (χ1) is 8.72. The SMILES string of the molecule is CCCNC(c1cc(Cl)cnc1N)C1CCCO1. The summed E-state index contributed by atoms with van der Waals surface area (Å²) in [4.78, 5) is 4.13. The molecule has 0 bridgehead atoms. The molecule has 2 rings (SSSR count). The van der Waals surface area contributed by atoms with Crippen LogP contribution in [0.25, 0.3) is 0 Å². The molecule has 1 aromatic heterocycles. The fraction of sp³-hybridized carbons (Fsp3) is 0.615. The number of halogens is 1. The number of anilines is 1. The monoisotopic (exact) mass is 269 g/mol. The van der Waals surface area contributed by atoms with E-state index in [-0.39, 0.29) is 12.1 Å². The maximum atomic E-state index is 6.01. The minimum Gasteiger partial charge on any atom is -0.383 e. The van der Waals surface area contributed by atoms with Crippen molar-refractivity contribution in [2.75, 3.05) is 18.9 Å². The summed E-state index contributed by atoms with van der Waals surface area (Å²) in [5, 5.41) is 4.10. The fourth-order valence-corrected chi connectivity index (χ4v) is 2.49.